The van der Waals surface area contributed by atoms with E-state index in [-0.39, 0.29) is 75.6 Å². The molecule has 13 atom stereocenters. The number of hydrogen-bond acceptors (Lipinski definition) is 24. The maximum atomic E-state index is 16.7. The molecule has 1 amide bonds. The number of amides is 1. The summed E-state index contributed by atoms with van der Waals surface area (Å²) in [5.74, 6) is -1.73. The number of methoxy groups -OCH3 is 2. The van der Waals surface area contributed by atoms with Crippen molar-refractivity contribution in [3.8, 4) is 29.1 Å². The fourth-order valence-corrected chi connectivity index (χ4v) is 18.5. The van der Waals surface area contributed by atoms with E-state index >= 15 is 9.13 Å². The van der Waals surface area contributed by atoms with E-state index < -0.39 is 151 Å². The summed E-state index contributed by atoms with van der Waals surface area (Å²) < 4.78 is 123. The summed E-state index contributed by atoms with van der Waals surface area (Å²) in [6, 6.07) is 46.3. The molecule has 3 aliphatic heterocycles. The van der Waals surface area contributed by atoms with Gasteiger partial charge in [-0.25, -0.2) is 28.2 Å². The third-order valence-electron chi connectivity index (χ3n) is 19.2. The molecule has 6 aromatic carbocycles. The van der Waals surface area contributed by atoms with E-state index in [4.69, 9.17) is 83.3 Å². The lowest BCUT2D eigenvalue weighted by molar-refractivity contribution is -0.124. The highest BCUT2D eigenvalue weighted by atomic mass is 35.5. The molecule has 3 aliphatic rings. The van der Waals surface area contributed by atoms with Crippen molar-refractivity contribution in [1.29, 1.82) is 5.26 Å². The van der Waals surface area contributed by atoms with Crippen molar-refractivity contribution in [2.75, 3.05) is 39.4 Å². The van der Waals surface area contributed by atoms with Crippen molar-refractivity contribution >= 4 is 59.1 Å². The number of nitrogens with zero attached hydrogens (tertiary/aromatic N) is 6. The third-order valence-corrected chi connectivity index (χ3v) is 24.3. The smallest absolute Gasteiger partial charge is 0.497 e. The molecule has 0 bridgehead atoms. The molecular formula is C78H84Cl2N9O22P3. The van der Waals surface area contributed by atoms with Gasteiger partial charge in [-0.15, -0.1) is 0 Å². The lowest BCUT2D eigenvalue weighted by Gasteiger charge is -2.39. The number of aromatic amines is 2. The molecule has 36 heteroatoms. The van der Waals surface area contributed by atoms with Gasteiger partial charge in [0.15, 0.2) is 0 Å². The molecule has 9 aromatic rings. The van der Waals surface area contributed by atoms with Crippen LogP contribution in [-0.4, -0.2) is 127 Å². The SMILES string of the molecule is COc1ccc(C(OC[C@@H]2O[C@@H](n3ccc(NC(=O)c4ccccc4)nc3=O)C[C@@H]2C(OP(=O)(O)Oc2ccccc2Cl)[C@@H]2O[C@@H](n3cc(C)c(=O)[nH]c3=O)C[C@@H]2OP(=O)(OC[C@H]2OC(n3cc(C)c(=O)[nH]c3=O)CC2OP(OCCC#N)N(C(C)C)C(C)C)Oc2ccccc2Cl)(c2ccccc2)c2ccc(OC)cc2)cc1. The van der Waals surface area contributed by atoms with Gasteiger partial charge in [0.2, 0.25) is 0 Å². The van der Waals surface area contributed by atoms with E-state index in [1.807, 2.05) is 87.0 Å². The Kier molecular flexibility index (Phi) is 27.4. The number of halogens is 2. The predicted molar refractivity (Wildman–Crippen MR) is 420 cm³/mol. The molecule has 114 heavy (non-hydrogen) atoms. The minimum atomic E-state index is -5.69. The Hall–Kier alpha value is -9.25. The molecule has 602 valence electrons. The van der Waals surface area contributed by atoms with Crippen LogP contribution >= 0.6 is 47.4 Å². The highest BCUT2D eigenvalue weighted by Gasteiger charge is 2.57. The third kappa shape index (κ3) is 19.6. The van der Waals surface area contributed by atoms with Crippen molar-refractivity contribution in [2.24, 2.45) is 5.92 Å². The summed E-state index contributed by atoms with van der Waals surface area (Å²) in [6.07, 6.45) is -11.1. The van der Waals surface area contributed by atoms with E-state index in [0.717, 1.165) is 13.7 Å². The largest absolute Gasteiger partial charge is 0.530 e. The number of nitrogens with one attached hydrogen (secondary N) is 3. The molecule has 6 unspecified atom stereocenters. The van der Waals surface area contributed by atoms with Crippen LogP contribution in [0.4, 0.5) is 5.82 Å². The molecule has 0 radical (unpaired) electrons. The number of anilines is 1. The van der Waals surface area contributed by atoms with Crippen LogP contribution in [0.25, 0.3) is 0 Å². The second-order valence-electron chi connectivity index (χ2n) is 27.4. The van der Waals surface area contributed by atoms with Gasteiger partial charge in [-0.3, -0.25) is 56.5 Å². The van der Waals surface area contributed by atoms with E-state index in [1.54, 1.807) is 66.7 Å². The predicted octanol–water partition coefficient (Wildman–Crippen LogP) is 12.8. The Labute approximate surface area is 665 Å². The van der Waals surface area contributed by atoms with Crippen LogP contribution in [0.3, 0.4) is 0 Å². The Bertz CT molecular complexity index is 5250. The molecule has 3 aromatic heterocycles. The number of benzene rings is 6. The Morgan fingerprint density at radius 3 is 1.75 bits per heavy atom. The first-order valence-corrected chi connectivity index (χ1v) is 41.1. The number of para-hydroxylation sites is 2. The number of carbonyl (C=O) groups excluding carboxylic acids is 1. The maximum Gasteiger partial charge on any atom is 0.530 e. The molecule has 3 fully saturated rings. The van der Waals surface area contributed by atoms with Gasteiger partial charge in [-0.1, -0.05) is 120 Å². The first-order valence-electron chi connectivity index (χ1n) is 36.3. The quantitative estimate of drug-likeness (QED) is 0.0165. The van der Waals surface area contributed by atoms with Gasteiger partial charge >= 0.3 is 32.7 Å². The number of carbonyl (C=O) groups is 1. The van der Waals surface area contributed by atoms with Gasteiger partial charge in [-0.05, 0) is 125 Å². The van der Waals surface area contributed by atoms with Gasteiger partial charge in [0.25, 0.3) is 25.6 Å². The minimum absolute atomic E-state index is 0.00997. The zero-order valence-corrected chi connectivity index (χ0v) is 67.2. The van der Waals surface area contributed by atoms with Crippen LogP contribution in [-0.2, 0) is 56.3 Å². The molecule has 0 spiro atoms. The number of phosphoric acid groups is 2. The van der Waals surface area contributed by atoms with Crippen LogP contribution in [0.2, 0.25) is 10.0 Å². The van der Waals surface area contributed by atoms with Crippen LogP contribution in [0.1, 0.15) is 110 Å². The topological polar surface area (TPSA) is 375 Å². The highest BCUT2D eigenvalue weighted by molar-refractivity contribution is 7.49. The standard InChI is InChI=1S/C78H84Cl2N9O22P3/c1-47(2)89(48(3)4)112(102-39-19-37-81)107-62-41-68(87-43-49(5)72(90)84-76(87)94)105-65(62)46-103-114(98,109-61-27-18-16-25-59(61)80)110-63-42-69(88-44-50(6)73(91)85-77(88)95)106-71(63)70(111-113(96,97)108-60-26-17-15-24-58(60)79)57-40-67(86-38-36-66(83-75(86)93)82-74(92)51-20-11-9-12-21-51)104-64(57)45-101-78(52-22-13-10-14-23-52,53-28-32-55(99-7)33-29-53)54-30-34-56(100-8)35-31-54/h9-18,20-36,38,43-44,47-48,57,62-65,67-71H,19,39-42,45-46H2,1-8H3,(H,96,97)(H,84,90,94)(H,85,91,95)(H,82,83,92,93)/t57-,62?,63-,64-,65+,67+,68?,69+,70?,71+,112?,114?/m0/s1. The minimum Gasteiger partial charge on any atom is -0.497 e. The number of hydrogen-bond donors (Lipinski definition) is 4. The van der Waals surface area contributed by atoms with Crippen LogP contribution in [0.5, 0.6) is 23.0 Å². The zero-order chi connectivity index (χ0) is 81.2. The van der Waals surface area contributed by atoms with Gasteiger partial charge in [0.05, 0.1) is 68.8 Å². The average Bonchev–Trinajstić information content (AvgIpc) is 1.35. The first kappa shape index (κ1) is 84.2. The summed E-state index contributed by atoms with van der Waals surface area (Å²) in [7, 11) is -10.2. The fraction of sp³-hybridized carbons (Fsp3) is 0.359. The van der Waals surface area contributed by atoms with Crippen molar-refractivity contribution in [2.45, 2.75) is 140 Å². The van der Waals surface area contributed by atoms with Gasteiger partial charge in [0.1, 0.15) is 77.5 Å². The second-order valence-corrected chi connectivity index (χ2v) is 32.5. The van der Waals surface area contributed by atoms with E-state index in [9.17, 15) is 38.9 Å². The van der Waals surface area contributed by atoms with Gasteiger partial charge < -0.3 is 51.8 Å². The number of ether oxygens (including phenoxy) is 6. The number of aromatic nitrogens is 6. The molecule has 12 rings (SSSR count). The first-order chi connectivity index (χ1) is 54.7. The van der Waals surface area contributed by atoms with Crippen molar-refractivity contribution < 1.29 is 78.9 Å². The molecule has 0 saturated carbocycles. The van der Waals surface area contributed by atoms with E-state index in [0.29, 0.717) is 28.2 Å². The lowest BCUT2D eigenvalue weighted by atomic mass is 9.79. The van der Waals surface area contributed by atoms with E-state index in [1.165, 1.54) is 89.1 Å². The van der Waals surface area contributed by atoms with Crippen molar-refractivity contribution in [3.63, 3.8) is 0 Å². The normalized spacial score (nSPS) is 21.2. The Morgan fingerprint density at radius 2 is 1.19 bits per heavy atom. The van der Waals surface area contributed by atoms with Crippen molar-refractivity contribution in [1.82, 2.24) is 33.3 Å². The summed E-state index contributed by atoms with van der Waals surface area (Å²) in [5, 5.41) is 12.1. The van der Waals surface area contributed by atoms with Crippen LogP contribution < -0.4 is 52.0 Å². The number of rotatable bonds is 34. The summed E-state index contributed by atoms with van der Waals surface area (Å²) in [6.45, 7) is 9.27. The van der Waals surface area contributed by atoms with Crippen molar-refractivity contribution in [3.05, 3.63) is 278 Å². The fourth-order valence-electron chi connectivity index (χ4n) is 13.8. The molecule has 0 aliphatic carbocycles. The number of aryl methyl sites for hydroxylation is 2. The van der Waals surface area contributed by atoms with Crippen LogP contribution in [0.15, 0.2) is 206 Å². The Morgan fingerprint density at radius 1 is 0.675 bits per heavy atom. The van der Waals surface area contributed by atoms with E-state index in [2.05, 4.69) is 26.3 Å². The number of nitriles is 1. The lowest BCUT2D eigenvalue weighted by Crippen LogP contribution is -2.47. The average molecular weight is 1660 g/mol. The number of H-pyrrole nitrogens is 2. The van der Waals surface area contributed by atoms with Gasteiger partial charge in [-0.2, -0.15) is 10.2 Å². The second kappa shape index (κ2) is 37.1. The Balaban J connectivity index is 1.02. The molecule has 4 N–H and O–H groups in total. The summed E-state index contributed by atoms with van der Waals surface area (Å²) in [5.41, 5.74) is -3.66. The van der Waals surface area contributed by atoms with Gasteiger partial charge in [0, 0.05) is 72.5 Å². The highest BCUT2D eigenvalue weighted by Crippen LogP contribution is 2.59. The molecule has 31 nitrogen and oxygen atoms in total. The monoisotopic (exact) mass is 1660 g/mol. The number of phosphoric ester groups is 2. The van der Waals surface area contributed by atoms with Crippen LogP contribution in [0, 0.1) is 31.1 Å². The zero-order valence-electron chi connectivity index (χ0n) is 63.0. The summed E-state index contributed by atoms with van der Waals surface area (Å²) >= 11 is 13.5. The molecule has 6 heterocycles. The molecule has 3 saturated heterocycles. The summed E-state index contributed by atoms with van der Waals surface area (Å²) in [4.78, 5) is 104. The molecular weight excluding hydrogens is 1580 g/mol. The maximum absolute atomic E-state index is 16.7.